The van der Waals surface area contributed by atoms with Crippen molar-refractivity contribution in [2.24, 2.45) is 0 Å². The number of halogens is 2. The molecule has 0 unspecified atom stereocenters. The van der Waals surface area contributed by atoms with E-state index in [1.165, 1.54) is 0 Å². The van der Waals surface area contributed by atoms with Gasteiger partial charge in [0.05, 0.1) is 16.1 Å². The lowest BCUT2D eigenvalue weighted by Gasteiger charge is -2.09. The summed E-state index contributed by atoms with van der Waals surface area (Å²) in [6.45, 7) is 0.450. The number of allylic oxidation sites excluding steroid dienone is 1. The number of ether oxygens (including phenoxy) is 1. The summed E-state index contributed by atoms with van der Waals surface area (Å²) in [5.74, 6) is 0.742. The van der Waals surface area contributed by atoms with Crippen molar-refractivity contribution in [1.82, 2.24) is 0 Å². The molecule has 146 valence electrons. The third-order valence-electron chi connectivity index (χ3n) is 4.76. The first kappa shape index (κ1) is 20.2. The van der Waals surface area contributed by atoms with Crippen LogP contribution >= 0.6 is 27.5 Å². The van der Waals surface area contributed by atoms with E-state index in [4.69, 9.17) is 16.3 Å². The average Bonchev–Trinajstić information content (AvgIpc) is 2.77. The predicted octanol–water partition coefficient (Wildman–Crippen LogP) is 7.90. The van der Waals surface area contributed by atoms with Crippen LogP contribution in [0.5, 0.6) is 5.75 Å². The lowest BCUT2D eigenvalue weighted by molar-refractivity contribution is 0.304. The summed E-state index contributed by atoms with van der Waals surface area (Å²) in [7, 11) is 0. The van der Waals surface area contributed by atoms with Crippen molar-refractivity contribution in [2.75, 3.05) is 0 Å². The highest BCUT2D eigenvalue weighted by atomic mass is 79.9. The molecule has 0 aliphatic heterocycles. The van der Waals surface area contributed by atoms with Crippen molar-refractivity contribution in [3.8, 4) is 11.8 Å². The first-order valence-corrected chi connectivity index (χ1v) is 10.6. The lowest BCUT2D eigenvalue weighted by atomic mass is 10.0. The van der Waals surface area contributed by atoms with Gasteiger partial charge in [-0.25, -0.2) is 0 Å². The molecule has 0 bridgehead atoms. The Hall–Kier alpha value is -3.06. The van der Waals surface area contributed by atoms with Gasteiger partial charge in [-0.1, -0.05) is 66.2 Å². The van der Waals surface area contributed by atoms with E-state index in [0.717, 1.165) is 37.7 Å². The third-order valence-corrected chi connectivity index (χ3v) is 5.63. The quantitative estimate of drug-likeness (QED) is 0.217. The van der Waals surface area contributed by atoms with Crippen LogP contribution in [-0.4, -0.2) is 0 Å². The fourth-order valence-corrected chi connectivity index (χ4v) is 3.81. The van der Waals surface area contributed by atoms with E-state index >= 15 is 0 Å². The maximum absolute atomic E-state index is 9.70. The smallest absolute Gasteiger partial charge is 0.134 e. The van der Waals surface area contributed by atoms with Gasteiger partial charge in [0.2, 0.25) is 0 Å². The first-order valence-electron chi connectivity index (χ1n) is 9.40. The number of nitriles is 1. The lowest BCUT2D eigenvalue weighted by Crippen LogP contribution is -1.96. The Morgan fingerprint density at radius 1 is 0.933 bits per heavy atom. The Balaban J connectivity index is 1.55. The van der Waals surface area contributed by atoms with Crippen LogP contribution in [0.2, 0.25) is 5.02 Å². The predicted molar refractivity (Wildman–Crippen MR) is 127 cm³/mol. The molecule has 4 rings (SSSR count). The molecule has 0 aromatic heterocycles. The number of rotatable bonds is 5. The molecule has 0 heterocycles. The van der Waals surface area contributed by atoms with E-state index in [0.29, 0.717) is 17.2 Å². The second-order valence-corrected chi connectivity index (χ2v) is 8.13. The second kappa shape index (κ2) is 9.17. The fraction of sp³-hybridized carbons (Fsp3) is 0.0385. The summed E-state index contributed by atoms with van der Waals surface area (Å²) in [6.07, 6.45) is 1.89. The standard InChI is InChI=1S/C26H17BrClNO/c27-25-14-19(7-12-26(25)30-17-18-5-10-24(28)11-6-18)13-23(16-29)22-9-8-20-3-1-2-4-21(20)15-22/h1-15H,17H2. The van der Waals surface area contributed by atoms with Gasteiger partial charge in [-0.2, -0.15) is 5.26 Å². The molecule has 0 fully saturated rings. The van der Waals surface area contributed by atoms with E-state index in [1.807, 2.05) is 78.9 Å². The van der Waals surface area contributed by atoms with Crippen LogP contribution in [0, 0.1) is 11.3 Å². The third kappa shape index (κ3) is 4.74. The minimum atomic E-state index is 0.450. The molecule has 0 aliphatic carbocycles. The van der Waals surface area contributed by atoms with Gasteiger partial charge in [0.25, 0.3) is 0 Å². The molecule has 0 saturated heterocycles. The zero-order valence-corrected chi connectivity index (χ0v) is 18.3. The monoisotopic (exact) mass is 473 g/mol. The molecular weight excluding hydrogens is 458 g/mol. The molecule has 0 N–H and O–H groups in total. The Morgan fingerprint density at radius 2 is 1.70 bits per heavy atom. The maximum Gasteiger partial charge on any atom is 0.134 e. The number of fused-ring (bicyclic) bond motifs is 1. The van der Waals surface area contributed by atoms with Gasteiger partial charge in [0, 0.05) is 5.02 Å². The summed E-state index contributed by atoms with van der Waals surface area (Å²) >= 11 is 9.50. The molecule has 4 aromatic carbocycles. The van der Waals surface area contributed by atoms with Gasteiger partial charge in [-0.05, 0) is 79.8 Å². The second-order valence-electron chi connectivity index (χ2n) is 6.84. The van der Waals surface area contributed by atoms with E-state index < -0.39 is 0 Å². The molecule has 0 atom stereocenters. The minimum Gasteiger partial charge on any atom is -0.488 e. The van der Waals surface area contributed by atoms with Gasteiger partial charge in [-0.15, -0.1) is 0 Å². The van der Waals surface area contributed by atoms with Gasteiger partial charge >= 0.3 is 0 Å². The van der Waals surface area contributed by atoms with E-state index in [-0.39, 0.29) is 0 Å². The molecule has 0 saturated carbocycles. The Bertz CT molecular complexity index is 1270. The van der Waals surface area contributed by atoms with Gasteiger partial charge in [0.15, 0.2) is 0 Å². The summed E-state index contributed by atoms with van der Waals surface area (Å²) in [6, 6.07) is 29.9. The molecule has 0 radical (unpaired) electrons. The number of hydrogen-bond acceptors (Lipinski definition) is 2. The topological polar surface area (TPSA) is 33.0 Å². The van der Waals surface area contributed by atoms with Crippen molar-refractivity contribution in [3.63, 3.8) is 0 Å². The molecule has 4 heteroatoms. The van der Waals surface area contributed by atoms with E-state index in [2.05, 4.69) is 34.1 Å². The molecule has 4 aromatic rings. The van der Waals surface area contributed by atoms with Crippen molar-refractivity contribution in [2.45, 2.75) is 6.61 Å². The largest absolute Gasteiger partial charge is 0.488 e. The van der Waals surface area contributed by atoms with Crippen LogP contribution in [0.1, 0.15) is 16.7 Å². The molecular formula is C26H17BrClNO. The maximum atomic E-state index is 9.70. The van der Waals surface area contributed by atoms with Crippen LogP contribution in [0.15, 0.2) is 89.4 Å². The number of benzene rings is 4. The van der Waals surface area contributed by atoms with Gasteiger partial charge in [-0.3, -0.25) is 0 Å². The zero-order valence-electron chi connectivity index (χ0n) is 16.0. The Labute approximate surface area is 189 Å². The Morgan fingerprint density at radius 3 is 2.43 bits per heavy atom. The van der Waals surface area contributed by atoms with Gasteiger partial charge in [0.1, 0.15) is 12.4 Å². The van der Waals surface area contributed by atoms with Crippen molar-refractivity contribution in [1.29, 1.82) is 5.26 Å². The Kier molecular flexibility index (Phi) is 6.18. The van der Waals surface area contributed by atoms with Crippen LogP contribution in [0.4, 0.5) is 0 Å². The zero-order chi connectivity index (χ0) is 20.9. The van der Waals surface area contributed by atoms with Crippen molar-refractivity contribution >= 4 is 50.0 Å². The summed E-state index contributed by atoms with van der Waals surface area (Å²) in [5.41, 5.74) is 3.47. The first-order chi connectivity index (χ1) is 14.6. The van der Waals surface area contributed by atoms with E-state index in [9.17, 15) is 5.26 Å². The van der Waals surface area contributed by atoms with Gasteiger partial charge < -0.3 is 4.74 Å². The highest BCUT2D eigenvalue weighted by molar-refractivity contribution is 9.10. The number of hydrogen-bond donors (Lipinski definition) is 0. The SMILES string of the molecule is N#CC(=Cc1ccc(OCc2ccc(Cl)cc2)c(Br)c1)c1ccc2ccccc2c1. The summed E-state index contributed by atoms with van der Waals surface area (Å²) < 4.78 is 6.74. The molecule has 2 nitrogen and oxygen atoms in total. The molecule has 0 aliphatic rings. The van der Waals surface area contributed by atoms with Crippen LogP contribution in [0.3, 0.4) is 0 Å². The molecule has 0 spiro atoms. The van der Waals surface area contributed by atoms with Crippen molar-refractivity contribution < 1.29 is 4.74 Å². The normalized spacial score (nSPS) is 11.3. The summed E-state index contributed by atoms with van der Waals surface area (Å²) in [4.78, 5) is 0. The highest BCUT2D eigenvalue weighted by Gasteiger charge is 2.06. The summed E-state index contributed by atoms with van der Waals surface area (Å²) in [5, 5.41) is 12.7. The average molecular weight is 475 g/mol. The minimum absolute atomic E-state index is 0.450. The van der Waals surface area contributed by atoms with Crippen LogP contribution < -0.4 is 4.74 Å². The number of nitrogens with zero attached hydrogens (tertiary/aromatic N) is 1. The fourth-order valence-electron chi connectivity index (χ4n) is 3.17. The molecule has 30 heavy (non-hydrogen) atoms. The van der Waals surface area contributed by atoms with Crippen molar-refractivity contribution in [3.05, 3.63) is 111 Å². The highest BCUT2D eigenvalue weighted by Crippen LogP contribution is 2.29. The van der Waals surface area contributed by atoms with Crippen LogP contribution in [0.25, 0.3) is 22.4 Å². The molecule has 0 amide bonds. The van der Waals surface area contributed by atoms with E-state index in [1.54, 1.807) is 0 Å². The van der Waals surface area contributed by atoms with Crippen LogP contribution in [-0.2, 0) is 6.61 Å².